The van der Waals surface area contributed by atoms with E-state index in [1.165, 1.54) is 5.56 Å². The lowest BCUT2D eigenvalue weighted by atomic mass is 9.66. The molecule has 0 bridgehead atoms. The van der Waals surface area contributed by atoms with Gasteiger partial charge in [-0.2, -0.15) is 0 Å². The third-order valence-electron chi connectivity index (χ3n) is 5.95. The summed E-state index contributed by atoms with van der Waals surface area (Å²) in [7, 11) is 0. The van der Waals surface area contributed by atoms with Crippen LogP contribution in [0.1, 0.15) is 36.3 Å². The number of hydrogen-bond donors (Lipinski definition) is 1. The molecule has 3 heterocycles. The second-order valence-corrected chi connectivity index (χ2v) is 6.93. The van der Waals surface area contributed by atoms with Crippen molar-refractivity contribution >= 4 is 5.91 Å². The largest absolute Gasteiger partial charge is 0.454 e. The summed E-state index contributed by atoms with van der Waals surface area (Å²) in [6.07, 6.45) is 2.71. The van der Waals surface area contributed by atoms with E-state index in [1.807, 2.05) is 11.0 Å². The topological polar surface area (TPSA) is 59.0 Å². The van der Waals surface area contributed by atoms with Gasteiger partial charge in [0.1, 0.15) is 0 Å². The van der Waals surface area contributed by atoms with Gasteiger partial charge in [0, 0.05) is 31.5 Å². The van der Waals surface area contributed by atoms with Crippen LogP contribution in [0.25, 0.3) is 0 Å². The molecule has 2 fully saturated rings. The normalized spacial score (nSPS) is 34.6. The number of nitrogens with zero attached hydrogens (tertiary/aromatic N) is 1. The molecule has 1 saturated heterocycles. The summed E-state index contributed by atoms with van der Waals surface area (Å²) in [4.78, 5) is 14.4. The fourth-order valence-corrected chi connectivity index (χ4v) is 5.00. The number of benzene rings is 1. The molecule has 1 aromatic rings. The van der Waals surface area contributed by atoms with Crippen molar-refractivity contribution in [3.8, 4) is 11.5 Å². The molecule has 1 unspecified atom stereocenters. The van der Waals surface area contributed by atoms with E-state index in [4.69, 9.17) is 9.47 Å². The Morgan fingerprint density at radius 1 is 1.23 bits per heavy atom. The Morgan fingerprint density at radius 2 is 2.05 bits per heavy atom. The van der Waals surface area contributed by atoms with E-state index in [2.05, 4.69) is 6.07 Å². The van der Waals surface area contributed by atoms with E-state index in [9.17, 15) is 9.90 Å². The van der Waals surface area contributed by atoms with Crippen LogP contribution >= 0.6 is 0 Å². The van der Waals surface area contributed by atoms with Gasteiger partial charge in [0.2, 0.25) is 12.7 Å². The number of rotatable bonds is 1. The van der Waals surface area contributed by atoms with Crippen molar-refractivity contribution in [3.63, 3.8) is 0 Å². The van der Waals surface area contributed by atoms with Crippen molar-refractivity contribution in [3.05, 3.63) is 23.3 Å². The van der Waals surface area contributed by atoms with Gasteiger partial charge in [0.25, 0.3) is 0 Å². The average Bonchev–Trinajstić information content (AvgIpc) is 3.11. The van der Waals surface area contributed by atoms with Crippen molar-refractivity contribution in [1.29, 1.82) is 0 Å². The first-order valence-electron chi connectivity index (χ1n) is 8.09. The minimum atomic E-state index is 0.184. The molecule has 5 heteroatoms. The van der Waals surface area contributed by atoms with Gasteiger partial charge in [-0.3, -0.25) is 4.79 Å². The molecule has 5 rings (SSSR count). The van der Waals surface area contributed by atoms with Gasteiger partial charge >= 0.3 is 0 Å². The molecule has 22 heavy (non-hydrogen) atoms. The molecule has 1 N–H and O–H groups in total. The fraction of sp³-hybridized carbons (Fsp3) is 0.588. The predicted molar refractivity (Wildman–Crippen MR) is 77.6 cm³/mol. The van der Waals surface area contributed by atoms with E-state index in [-0.39, 0.29) is 37.2 Å². The Hall–Kier alpha value is -1.75. The molecule has 1 aromatic carbocycles. The molecule has 4 aliphatic rings. The van der Waals surface area contributed by atoms with E-state index >= 15 is 0 Å². The molecule has 3 aliphatic heterocycles. The van der Waals surface area contributed by atoms with Gasteiger partial charge in [-0.1, -0.05) is 0 Å². The van der Waals surface area contributed by atoms with Crippen LogP contribution in [-0.4, -0.2) is 35.4 Å². The molecule has 1 saturated carbocycles. The van der Waals surface area contributed by atoms with Gasteiger partial charge < -0.3 is 19.5 Å². The molecule has 0 radical (unpaired) electrons. The highest BCUT2D eigenvalue weighted by Crippen LogP contribution is 2.53. The maximum absolute atomic E-state index is 12.4. The summed E-state index contributed by atoms with van der Waals surface area (Å²) in [5.74, 6) is 2.75. The lowest BCUT2D eigenvalue weighted by Gasteiger charge is -2.47. The molecule has 1 amide bonds. The summed E-state index contributed by atoms with van der Waals surface area (Å²) in [6.45, 7) is 1.12. The number of fused-ring (bicyclic) bond motifs is 3. The zero-order chi connectivity index (χ0) is 14.8. The summed E-state index contributed by atoms with van der Waals surface area (Å²) in [5, 5.41) is 9.85. The van der Waals surface area contributed by atoms with E-state index < -0.39 is 0 Å². The smallest absolute Gasteiger partial charge is 0.231 e. The number of carbonyl (C=O) groups excluding carboxylic acids is 1. The van der Waals surface area contributed by atoms with Gasteiger partial charge in [-0.05, 0) is 47.9 Å². The highest BCUT2D eigenvalue weighted by atomic mass is 16.7. The van der Waals surface area contributed by atoms with Crippen LogP contribution in [0.2, 0.25) is 0 Å². The number of ether oxygens (including phenoxy) is 2. The van der Waals surface area contributed by atoms with Gasteiger partial charge in [0.15, 0.2) is 11.5 Å². The van der Waals surface area contributed by atoms with E-state index in [0.29, 0.717) is 18.9 Å². The molecule has 0 aromatic heterocycles. The second-order valence-electron chi connectivity index (χ2n) is 6.93. The maximum atomic E-state index is 12.4. The Kier molecular flexibility index (Phi) is 2.54. The molecule has 0 spiro atoms. The van der Waals surface area contributed by atoms with Crippen LogP contribution in [0, 0.1) is 11.8 Å². The van der Waals surface area contributed by atoms with Crippen molar-refractivity contribution < 1.29 is 19.4 Å². The number of hydrogen-bond acceptors (Lipinski definition) is 4. The molecule has 1 aliphatic carbocycles. The van der Waals surface area contributed by atoms with Crippen molar-refractivity contribution in [2.24, 2.45) is 11.8 Å². The minimum absolute atomic E-state index is 0.184. The molecular formula is C17H19NO4. The third-order valence-corrected chi connectivity index (χ3v) is 5.95. The number of aliphatic hydroxyl groups is 1. The van der Waals surface area contributed by atoms with E-state index in [0.717, 1.165) is 29.9 Å². The quantitative estimate of drug-likeness (QED) is 0.856. The first-order chi connectivity index (χ1) is 10.8. The van der Waals surface area contributed by atoms with Crippen LogP contribution < -0.4 is 9.47 Å². The van der Waals surface area contributed by atoms with Crippen LogP contribution in [0.15, 0.2) is 12.1 Å². The SMILES string of the molecule is O=C1C[C@@H]2CCC(CO)[C@H]3c4cc5c(cc4CN1[C@H]23)OCO5. The standard InChI is InChI=1S/C17H19NO4/c19-7-10-2-1-9-4-15(20)18-6-11-3-13-14(22-8-21-13)5-12(11)16(10)17(9)18/h3,5,9-10,16-17,19H,1-2,4,6-8H2/t9-,10?,16-,17+/m0/s1. The Balaban J connectivity index is 1.67. The van der Waals surface area contributed by atoms with Gasteiger partial charge in [0.05, 0.1) is 0 Å². The average molecular weight is 301 g/mol. The molecule has 116 valence electrons. The molecule has 4 atom stereocenters. The van der Waals surface area contributed by atoms with Crippen LogP contribution in [-0.2, 0) is 11.3 Å². The third kappa shape index (κ3) is 1.55. The van der Waals surface area contributed by atoms with Crippen LogP contribution in [0.3, 0.4) is 0 Å². The zero-order valence-electron chi connectivity index (χ0n) is 12.3. The summed E-state index contributed by atoms with van der Waals surface area (Å²) < 4.78 is 11.0. The van der Waals surface area contributed by atoms with Crippen molar-refractivity contribution in [1.82, 2.24) is 4.90 Å². The number of aliphatic hydroxyl groups excluding tert-OH is 1. The maximum Gasteiger partial charge on any atom is 0.231 e. The first kappa shape index (κ1) is 12.8. The van der Waals surface area contributed by atoms with Crippen LogP contribution in [0.4, 0.5) is 0 Å². The minimum Gasteiger partial charge on any atom is -0.454 e. The van der Waals surface area contributed by atoms with Gasteiger partial charge in [-0.25, -0.2) is 0 Å². The monoisotopic (exact) mass is 301 g/mol. The summed E-state index contributed by atoms with van der Waals surface area (Å²) >= 11 is 0. The van der Waals surface area contributed by atoms with Crippen molar-refractivity contribution in [2.75, 3.05) is 13.4 Å². The first-order valence-corrected chi connectivity index (χ1v) is 8.09. The summed E-state index contributed by atoms with van der Waals surface area (Å²) in [5.41, 5.74) is 2.41. The van der Waals surface area contributed by atoms with Crippen molar-refractivity contribution in [2.45, 2.75) is 37.8 Å². The predicted octanol–water partition coefficient (Wildman–Crippen LogP) is 1.63. The lowest BCUT2D eigenvalue weighted by molar-refractivity contribution is -0.130. The number of amides is 1. The van der Waals surface area contributed by atoms with E-state index in [1.54, 1.807) is 0 Å². The molecule has 5 nitrogen and oxygen atoms in total. The number of carbonyl (C=O) groups is 1. The zero-order valence-corrected chi connectivity index (χ0v) is 12.3. The highest BCUT2D eigenvalue weighted by molar-refractivity contribution is 5.80. The Bertz CT molecular complexity index is 658. The fourth-order valence-electron chi connectivity index (χ4n) is 5.00. The van der Waals surface area contributed by atoms with Crippen LogP contribution in [0.5, 0.6) is 11.5 Å². The molecular weight excluding hydrogens is 282 g/mol. The lowest BCUT2D eigenvalue weighted by Crippen LogP contribution is -2.48. The summed E-state index contributed by atoms with van der Waals surface area (Å²) in [6, 6.07) is 4.37. The van der Waals surface area contributed by atoms with Gasteiger partial charge in [-0.15, -0.1) is 0 Å². The second kappa shape index (κ2) is 4.38. The Morgan fingerprint density at radius 3 is 2.86 bits per heavy atom. The Labute approximate surface area is 128 Å². The highest BCUT2D eigenvalue weighted by Gasteiger charge is 2.52.